The number of hydrogen-bond acceptors (Lipinski definition) is 3. The number of aromatic nitrogens is 2. The quantitative estimate of drug-likeness (QED) is 0.795. The van der Waals surface area contributed by atoms with Gasteiger partial charge < -0.3 is 10.2 Å². The molecule has 4 heteroatoms. The Morgan fingerprint density at radius 2 is 1.95 bits per heavy atom. The maximum Gasteiger partial charge on any atom is 0.131 e. The van der Waals surface area contributed by atoms with Gasteiger partial charge in [-0.2, -0.15) is 5.10 Å². The maximum atomic E-state index is 4.60. The second-order valence-electron chi connectivity index (χ2n) is 6.43. The lowest BCUT2D eigenvalue weighted by Crippen LogP contribution is -2.28. The van der Waals surface area contributed by atoms with E-state index in [0.29, 0.717) is 11.8 Å². The van der Waals surface area contributed by atoms with Crippen LogP contribution in [0.4, 0.5) is 5.82 Å². The Morgan fingerprint density at radius 1 is 1.30 bits per heavy atom. The predicted molar refractivity (Wildman–Crippen MR) is 87.2 cm³/mol. The van der Waals surface area contributed by atoms with Gasteiger partial charge in [0.2, 0.25) is 0 Å². The molecule has 20 heavy (non-hydrogen) atoms. The lowest BCUT2D eigenvalue weighted by molar-refractivity contribution is 0.542. The molecule has 1 atom stereocenters. The van der Waals surface area contributed by atoms with Gasteiger partial charge in [-0.15, -0.1) is 0 Å². The second kappa shape index (κ2) is 7.67. The number of anilines is 1. The molecule has 0 saturated heterocycles. The zero-order valence-corrected chi connectivity index (χ0v) is 14.3. The van der Waals surface area contributed by atoms with Gasteiger partial charge in [0.05, 0.1) is 5.69 Å². The smallest absolute Gasteiger partial charge is 0.131 e. The molecule has 0 aromatic carbocycles. The molecule has 1 aromatic heterocycles. The topological polar surface area (TPSA) is 33.1 Å². The summed E-state index contributed by atoms with van der Waals surface area (Å²) in [4.78, 5) is 2.35. The average molecular weight is 280 g/mol. The third kappa shape index (κ3) is 4.51. The van der Waals surface area contributed by atoms with Crippen LogP contribution >= 0.6 is 0 Å². The van der Waals surface area contributed by atoms with Crippen molar-refractivity contribution in [2.24, 2.45) is 18.9 Å². The van der Waals surface area contributed by atoms with Gasteiger partial charge in [0, 0.05) is 32.7 Å². The van der Waals surface area contributed by atoms with Crippen LogP contribution in [0, 0.1) is 18.8 Å². The van der Waals surface area contributed by atoms with Crippen LogP contribution in [-0.4, -0.2) is 29.9 Å². The Balaban J connectivity index is 2.83. The van der Waals surface area contributed by atoms with Crippen LogP contribution in [0.3, 0.4) is 0 Å². The minimum Gasteiger partial charge on any atom is -0.359 e. The molecule has 0 spiro atoms. The summed E-state index contributed by atoms with van der Waals surface area (Å²) in [6, 6.07) is 0. The van der Waals surface area contributed by atoms with Crippen molar-refractivity contribution in [3.8, 4) is 0 Å². The van der Waals surface area contributed by atoms with Gasteiger partial charge in [0.1, 0.15) is 5.82 Å². The van der Waals surface area contributed by atoms with E-state index in [9.17, 15) is 0 Å². The monoisotopic (exact) mass is 280 g/mol. The Bertz CT molecular complexity index is 409. The molecule has 0 fully saturated rings. The highest BCUT2D eigenvalue weighted by molar-refractivity contribution is 5.49. The standard InChI is InChI=1S/C16H32N4/c1-8-13(4)11-19(6)16-15(10-17-9-12(2)3)14(5)18-20(16)7/h12-13,17H,8-11H2,1-7H3. The number of rotatable bonds is 8. The van der Waals surface area contributed by atoms with Crippen LogP contribution in [0.15, 0.2) is 0 Å². The second-order valence-corrected chi connectivity index (χ2v) is 6.43. The fourth-order valence-electron chi connectivity index (χ4n) is 2.54. The zero-order chi connectivity index (χ0) is 15.3. The van der Waals surface area contributed by atoms with E-state index in [1.54, 1.807) is 0 Å². The van der Waals surface area contributed by atoms with Crippen molar-refractivity contribution < 1.29 is 0 Å². The highest BCUT2D eigenvalue weighted by atomic mass is 15.4. The SMILES string of the molecule is CCC(C)CN(C)c1c(CNCC(C)C)c(C)nn1C. The van der Waals surface area contributed by atoms with Crippen LogP contribution in [0.2, 0.25) is 0 Å². The summed E-state index contributed by atoms with van der Waals surface area (Å²) >= 11 is 0. The largest absolute Gasteiger partial charge is 0.359 e. The van der Waals surface area contributed by atoms with E-state index < -0.39 is 0 Å². The third-order valence-electron chi connectivity index (χ3n) is 3.81. The van der Waals surface area contributed by atoms with Gasteiger partial charge >= 0.3 is 0 Å². The molecule has 0 aliphatic rings. The van der Waals surface area contributed by atoms with E-state index >= 15 is 0 Å². The first-order chi connectivity index (χ1) is 9.36. The molecule has 0 amide bonds. The molecule has 4 nitrogen and oxygen atoms in total. The number of aryl methyl sites for hydroxylation is 2. The van der Waals surface area contributed by atoms with Crippen molar-refractivity contribution in [2.75, 3.05) is 25.0 Å². The first-order valence-electron chi connectivity index (χ1n) is 7.81. The first kappa shape index (κ1) is 17.0. The minimum atomic E-state index is 0.674. The fourth-order valence-corrected chi connectivity index (χ4v) is 2.54. The minimum absolute atomic E-state index is 0.674. The average Bonchev–Trinajstić information content (AvgIpc) is 2.63. The lowest BCUT2D eigenvalue weighted by atomic mass is 10.1. The maximum absolute atomic E-state index is 4.60. The summed E-state index contributed by atoms with van der Waals surface area (Å²) in [5.74, 6) is 2.62. The highest BCUT2D eigenvalue weighted by Gasteiger charge is 2.17. The van der Waals surface area contributed by atoms with Gasteiger partial charge in [-0.05, 0) is 25.3 Å². The van der Waals surface area contributed by atoms with Crippen molar-refractivity contribution >= 4 is 5.82 Å². The number of hydrogen-bond donors (Lipinski definition) is 1. The van der Waals surface area contributed by atoms with E-state index in [1.807, 2.05) is 11.7 Å². The van der Waals surface area contributed by atoms with Gasteiger partial charge in [-0.1, -0.05) is 34.1 Å². The van der Waals surface area contributed by atoms with Crippen LogP contribution in [0.1, 0.15) is 45.4 Å². The van der Waals surface area contributed by atoms with E-state index in [1.165, 1.54) is 17.8 Å². The van der Waals surface area contributed by atoms with Crippen molar-refractivity contribution in [1.29, 1.82) is 0 Å². The third-order valence-corrected chi connectivity index (χ3v) is 3.81. The predicted octanol–water partition coefficient (Wildman–Crippen LogP) is 2.96. The summed E-state index contributed by atoms with van der Waals surface area (Å²) in [7, 11) is 4.22. The molecule has 1 N–H and O–H groups in total. The zero-order valence-electron chi connectivity index (χ0n) is 14.3. The first-order valence-corrected chi connectivity index (χ1v) is 7.81. The normalized spacial score (nSPS) is 13.0. The molecule has 1 aromatic rings. The van der Waals surface area contributed by atoms with E-state index in [2.05, 4.69) is 57.0 Å². The molecule has 0 aliphatic carbocycles. The molecule has 0 bridgehead atoms. The van der Waals surface area contributed by atoms with Crippen molar-refractivity contribution in [3.63, 3.8) is 0 Å². The molecule has 0 saturated carbocycles. The molecule has 0 radical (unpaired) electrons. The Morgan fingerprint density at radius 3 is 2.50 bits per heavy atom. The summed E-state index contributed by atoms with van der Waals surface area (Å²) < 4.78 is 2.02. The molecular formula is C16H32N4. The molecule has 1 heterocycles. The van der Waals surface area contributed by atoms with E-state index in [-0.39, 0.29) is 0 Å². The lowest BCUT2D eigenvalue weighted by Gasteiger charge is -2.24. The van der Waals surface area contributed by atoms with Gasteiger partial charge in [-0.3, -0.25) is 4.68 Å². The number of nitrogens with one attached hydrogen (secondary N) is 1. The Labute approximate surface area is 124 Å². The van der Waals surface area contributed by atoms with E-state index in [0.717, 1.165) is 25.3 Å². The molecular weight excluding hydrogens is 248 g/mol. The number of nitrogens with zero attached hydrogens (tertiary/aromatic N) is 3. The molecule has 1 rings (SSSR count). The van der Waals surface area contributed by atoms with Crippen molar-refractivity contribution in [2.45, 2.75) is 47.6 Å². The Kier molecular flexibility index (Phi) is 6.53. The van der Waals surface area contributed by atoms with Crippen LogP contribution < -0.4 is 10.2 Å². The molecule has 0 aliphatic heterocycles. The van der Waals surface area contributed by atoms with E-state index in [4.69, 9.17) is 0 Å². The molecule has 116 valence electrons. The van der Waals surface area contributed by atoms with Gasteiger partial charge in [0.25, 0.3) is 0 Å². The fraction of sp³-hybridized carbons (Fsp3) is 0.812. The summed E-state index contributed by atoms with van der Waals surface area (Å²) in [6.07, 6.45) is 1.21. The van der Waals surface area contributed by atoms with Crippen LogP contribution in [-0.2, 0) is 13.6 Å². The summed E-state index contributed by atoms with van der Waals surface area (Å²) in [6.45, 7) is 14.1. The molecule has 1 unspecified atom stereocenters. The Hall–Kier alpha value is -1.03. The van der Waals surface area contributed by atoms with Crippen LogP contribution in [0.25, 0.3) is 0 Å². The van der Waals surface area contributed by atoms with Gasteiger partial charge in [-0.25, -0.2) is 0 Å². The van der Waals surface area contributed by atoms with Crippen molar-refractivity contribution in [1.82, 2.24) is 15.1 Å². The van der Waals surface area contributed by atoms with Crippen molar-refractivity contribution in [3.05, 3.63) is 11.3 Å². The van der Waals surface area contributed by atoms with Gasteiger partial charge in [0.15, 0.2) is 0 Å². The summed E-state index contributed by atoms with van der Waals surface area (Å²) in [5, 5.41) is 8.14. The highest BCUT2D eigenvalue weighted by Crippen LogP contribution is 2.23. The van der Waals surface area contributed by atoms with Crippen LogP contribution in [0.5, 0.6) is 0 Å². The summed E-state index contributed by atoms with van der Waals surface area (Å²) in [5.41, 5.74) is 2.47.